The highest BCUT2D eigenvalue weighted by molar-refractivity contribution is 6.33. The summed E-state index contributed by atoms with van der Waals surface area (Å²) in [6.07, 6.45) is 3.06. The van der Waals surface area contributed by atoms with E-state index in [9.17, 15) is 9.59 Å². The Bertz CT molecular complexity index is 823. The van der Waals surface area contributed by atoms with Crippen LogP contribution in [0.1, 0.15) is 34.3 Å². The van der Waals surface area contributed by atoms with E-state index < -0.39 is 0 Å². The number of aromatic amines is 1. The number of benzene rings is 1. The second-order valence-electron chi connectivity index (χ2n) is 6.34. The Morgan fingerprint density at radius 2 is 2.00 bits per heavy atom. The van der Waals surface area contributed by atoms with E-state index in [-0.39, 0.29) is 22.3 Å². The van der Waals surface area contributed by atoms with E-state index in [1.807, 2.05) is 36.9 Å². The number of nitrogens with zero attached hydrogens (tertiary/aromatic N) is 2. The van der Waals surface area contributed by atoms with Crippen LogP contribution in [-0.4, -0.2) is 29.1 Å². The highest BCUT2D eigenvalue weighted by Crippen LogP contribution is 2.29. The molecule has 0 amide bonds. The number of ketones is 1. The van der Waals surface area contributed by atoms with Gasteiger partial charge in [-0.3, -0.25) is 9.59 Å². The monoisotopic (exact) mass is 345 g/mol. The first-order valence-electron chi connectivity index (χ1n) is 8.07. The van der Waals surface area contributed by atoms with Crippen molar-refractivity contribution in [2.45, 2.75) is 26.7 Å². The molecule has 1 aromatic carbocycles. The molecule has 0 spiro atoms. The molecule has 1 fully saturated rings. The number of H-pyrrole nitrogens is 1. The molecule has 1 aliphatic heterocycles. The maximum absolute atomic E-state index is 12.8. The number of Topliss-reactive ketones (excluding diaryl/α,β-unsaturated/α-hetero) is 1. The zero-order valence-corrected chi connectivity index (χ0v) is 14.6. The van der Waals surface area contributed by atoms with Crippen molar-refractivity contribution in [3.8, 4) is 0 Å². The van der Waals surface area contributed by atoms with Gasteiger partial charge < -0.3 is 4.90 Å². The van der Waals surface area contributed by atoms with Crippen LogP contribution in [0.25, 0.3) is 0 Å². The Balaban J connectivity index is 1.72. The van der Waals surface area contributed by atoms with E-state index in [4.69, 9.17) is 11.6 Å². The number of rotatable bonds is 3. The molecule has 6 heteroatoms. The maximum atomic E-state index is 12.8. The van der Waals surface area contributed by atoms with E-state index in [0.717, 1.165) is 29.5 Å². The SMILES string of the molecule is Cc1ccc(C(=O)C2CCN(c3cn[nH]c(=O)c3Cl)CC2)c(C)c1. The average Bonchev–Trinajstić information content (AvgIpc) is 2.57. The molecule has 126 valence electrons. The summed E-state index contributed by atoms with van der Waals surface area (Å²) in [6, 6.07) is 5.96. The van der Waals surface area contributed by atoms with Crippen molar-refractivity contribution in [3.63, 3.8) is 0 Å². The number of nitrogens with one attached hydrogen (secondary N) is 1. The van der Waals surface area contributed by atoms with Crippen LogP contribution >= 0.6 is 11.6 Å². The average molecular weight is 346 g/mol. The summed E-state index contributed by atoms with van der Waals surface area (Å²) in [5.41, 5.74) is 3.26. The topological polar surface area (TPSA) is 66.1 Å². The summed E-state index contributed by atoms with van der Waals surface area (Å²) in [4.78, 5) is 26.4. The molecule has 1 aromatic heterocycles. The number of carbonyl (C=O) groups excluding carboxylic acids is 1. The molecular weight excluding hydrogens is 326 g/mol. The lowest BCUT2D eigenvalue weighted by atomic mass is 9.87. The molecule has 0 radical (unpaired) electrons. The second-order valence-corrected chi connectivity index (χ2v) is 6.72. The fourth-order valence-electron chi connectivity index (χ4n) is 3.29. The first-order chi connectivity index (χ1) is 11.5. The van der Waals surface area contributed by atoms with Crippen LogP contribution in [0.2, 0.25) is 5.02 Å². The first-order valence-corrected chi connectivity index (χ1v) is 8.44. The van der Waals surface area contributed by atoms with Gasteiger partial charge >= 0.3 is 0 Å². The quantitative estimate of drug-likeness (QED) is 0.868. The summed E-state index contributed by atoms with van der Waals surface area (Å²) in [5.74, 6) is 0.221. The number of aryl methyl sites for hydroxylation is 2. The lowest BCUT2D eigenvalue weighted by Gasteiger charge is -2.33. The summed E-state index contributed by atoms with van der Waals surface area (Å²) in [6.45, 7) is 5.38. The van der Waals surface area contributed by atoms with Crippen LogP contribution in [-0.2, 0) is 0 Å². The number of anilines is 1. The molecule has 0 atom stereocenters. The van der Waals surface area contributed by atoms with Gasteiger partial charge in [0.2, 0.25) is 0 Å². The van der Waals surface area contributed by atoms with Crippen molar-refractivity contribution in [2.75, 3.05) is 18.0 Å². The van der Waals surface area contributed by atoms with Crippen LogP contribution in [0.3, 0.4) is 0 Å². The Morgan fingerprint density at radius 1 is 1.29 bits per heavy atom. The predicted molar refractivity (Wildman–Crippen MR) is 95.1 cm³/mol. The third-order valence-corrected chi connectivity index (χ3v) is 5.00. The minimum atomic E-state index is -0.386. The number of hydrogen-bond donors (Lipinski definition) is 1. The lowest BCUT2D eigenvalue weighted by molar-refractivity contribution is 0.0900. The molecule has 2 aromatic rings. The number of hydrogen-bond acceptors (Lipinski definition) is 4. The van der Waals surface area contributed by atoms with Gasteiger partial charge in [0.25, 0.3) is 5.56 Å². The van der Waals surface area contributed by atoms with Crippen LogP contribution < -0.4 is 10.5 Å². The summed E-state index contributed by atoms with van der Waals surface area (Å²) < 4.78 is 0. The molecule has 2 heterocycles. The summed E-state index contributed by atoms with van der Waals surface area (Å²) in [5, 5.41) is 6.29. The third kappa shape index (κ3) is 3.22. The van der Waals surface area contributed by atoms with Crippen LogP contribution in [0.5, 0.6) is 0 Å². The zero-order valence-electron chi connectivity index (χ0n) is 13.8. The Kier molecular flexibility index (Phi) is 4.71. The minimum Gasteiger partial charge on any atom is -0.369 e. The summed E-state index contributed by atoms with van der Waals surface area (Å²) >= 11 is 6.06. The van der Waals surface area contributed by atoms with Crippen molar-refractivity contribution in [3.05, 3.63) is 56.5 Å². The fraction of sp³-hybridized carbons (Fsp3) is 0.389. The van der Waals surface area contributed by atoms with Gasteiger partial charge in [-0.1, -0.05) is 35.4 Å². The Hall–Kier alpha value is -2.14. The number of piperidine rings is 1. The van der Waals surface area contributed by atoms with Crippen LogP contribution in [0, 0.1) is 19.8 Å². The van der Waals surface area contributed by atoms with Gasteiger partial charge in [-0.2, -0.15) is 5.10 Å². The van der Waals surface area contributed by atoms with Gasteiger partial charge in [0.15, 0.2) is 5.78 Å². The molecule has 0 unspecified atom stereocenters. The largest absolute Gasteiger partial charge is 0.369 e. The van der Waals surface area contributed by atoms with Gasteiger partial charge in [-0.25, -0.2) is 5.10 Å². The standard InChI is InChI=1S/C18H20ClN3O2/c1-11-3-4-14(12(2)9-11)17(23)13-5-7-22(8-6-13)15-10-20-21-18(24)16(15)19/h3-4,9-10,13H,5-8H2,1-2H3,(H,21,24). The highest BCUT2D eigenvalue weighted by atomic mass is 35.5. The summed E-state index contributed by atoms with van der Waals surface area (Å²) in [7, 11) is 0. The predicted octanol–water partition coefficient (Wildman–Crippen LogP) is 3.14. The number of aromatic nitrogens is 2. The molecule has 24 heavy (non-hydrogen) atoms. The second kappa shape index (κ2) is 6.77. The van der Waals surface area contributed by atoms with Gasteiger partial charge in [0, 0.05) is 24.6 Å². The molecule has 1 N–H and O–H groups in total. The molecule has 1 saturated heterocycles. The maximum Gasteiger partial charge on any atom is 0.285 e. The fourth-order valence-corrected chi connectivity index (χ4v) is 3.50. The van der Waals surface area contributed by atoms with Crippen molar-refractivity contribution < 1.29 is 4.79 Å². The highest BCUT2D eigenvalue weighted by Gasteiger charge is 2.27. The first kappa shape index (κ1) is 16.7. The number of halogens is 1. The molecule has 0 bridgehead atoms. The number of carbonyl (C=O) groups is 1. The Morgan fingerprint density at radius 3 is 2.67 bits per heavy atom. The smallest absolute Gasteiger partial charge is 0.285 e. The van der Waals surface area contributed by atoms with Crippen LogP contribution in [0.15, 0.2) is 29.2 Å². The molecule has 0 saturated carbocycles. The lowest BCUT2D eigenvalue weighted by Crippen LogP contribution is -2.37. The molecule has 5 nitrogen and oxygen atoms in total. The van der Waals surface area contributed by atoms with Crippen molar-refractivity contribution >= 4 is 23.1 Å². The van der Waals surface area contributed by atoms with E-state index >= 15 is 0 Å². The van der Waals surface area contributed by atoms with E-state index in [1.165, 1.54) is 0 Å². The van der Waals surface area contributed by atoms with E-state index in [1.54, 1.807) is 6.20 Å². The van der Waals surface area contributed by atoms with Crippen LogP contribution in [0.4, 0.5) is 5.69 Å². The van der Waals surface area contributed by atoms with Crippen molar-refractivity contribution in [1.82, 2.24) is 10.2 Å². The van der Waals surface area contributed by atoms with Crippen molar-refractivity contribution in [1.29, 1.82) is 0 Å². The molecule has 0 aliphatic carbocycles. The zero-order chi connectivity index (χ0) is 17.3. The van der Waals surface area contributed by atoms with E-state index in [0.29, 0.717) is 18.8 Å². The normalized spacial score (nSPS) is 15.5. The van der Waals surface area contributed by atoms with Gasteiger partial charge in [-0.05, 0) is 32.3 Å². The van der Waals surface area contributed by atoms with Crippen molar-refractivity contribution in [2.24, 2.45) is 5.92 Å². The van der Waals surface area contributed by atoms with E-state index in [2.05, 4.69) is 10.2 Å². The van der Waals surface area contributed by atoms with Gasteiger partial charge in [0.1, 0.15) is 5.02 Å². The third-order valence-electron chi connectivity index (χ3n) is 4.63. The Labute approximate surface area is 145 Å². The minimum absolute atomic E-state index is 0.0105. The molecule has 3 rings (SSSR count). The van der Waals surface area contributed by atoms with Gasteiger partial charge in [0.05, 0.1) is 11.9 Å². The molecular formula is C18H20ClN3O2. The van der Waals surface area contributed by atoms with Gasteiger partial charge in [-0.15, -0.1) is 0 Å². The molecule has 1 aliphatic rings.